The SMILES string of the molecule is Cc1c(C#N)cccc1[C@@H](C)Nc1nnc(C)c2cnc(N(C)[C@@H]3CCNC3)cc12. The number of rotatable bonds is 5. The maximum absolute atomic E-state index is 9.35. The van der Waals surface area contributed by atoms with Crippen molar-refractivity contribution < 1.29 is 0 Å². The van der Waals surface area contributed by atoms with Gasteiger partial charge in [0.1, 0.15) is 5.82 Å². The van der Waals surface area contributed by atoms with E-state index in [1.54, 1.807) is 0 Å². The Kier molecular flexibility index (Phi) is 5.51. The van der Waals surface area contributed by atoms with Gasteiger partial charge in [-0.25, -0.2) is 4.98 Å². The molecule has 1 aliphatic rings. The van der Waals surface area contributed by atoms with E-state index in [4.69, 9.17) is 4.98 Å². The molecule has 2 aromatic heterocycles. The van der Waals surface area contributed by atoms with Crippen LogP contribution in [0.3, 0.4) is 0 Å². The van der Waals surface area contributed by atoms with E-state index < -0.39 is 0 Å². The minimum absolute atomic E-state index is 0.0214. The van der Waals surface area contributed by atoms with E-state index >= 15 is 0 Å². The molecular formula is C23H27N7. The zero-order valence-electron chi connectivity index (χ0n) is 17.9. The number of likely N-dealkylation sites (N-methyl/N-ethyl adjacent to an activating group) is 1. The summed E-state index contributed by atoms with van der Waals surface area (Å²) >= 11 is 0. The van der Waals surface area contributed by atoms with Crippen LogP contribution in [0.2, 0.25) is 0 Å². The number of nitrogens with one attached hydrogen (secondary N) is 2. The van der Waals surface area contributed by atoms with Crippen LogP contribution in [0.5, 0.6) is 0 Å². The minimum Gasteiger partial charge on any atom is -0.362 e. The molecule has 2 atom stereocenters. The molecule has 2 N–H and O–H groups in total. The van der Waals surface area contributed by atoms with Crippen LogP contribution in [0, 0.1) is 25.2 Å². The van der Waals surface area contributed by atoms with E-state index in [1.807, 2.05) is 38.2 Å². The van der Waals surface area contributed by atoms with Crippen LogP contribution < -0.4 is 15.5 Å². The highest BCUT2D eigenvalue weighted by atomic mass is 15.2. The zero-order valence-corrected chi connectivity index (χ0v) is 17.9. The summed E-state index contributed by atoms with van der Waals surface area (Å²) in [4.78, 5) is 6.93. The van der Waals surface area contributed by atoms with Gasteiger partial charge in [-0.15, -0.1) is 5.10 Å². The molecule has 1 aliphatic heterocycles. The first-order valence-corrected chi connectivity index (χ1v) is 10.3. The van der Waals surface area contributed by atoms with Gasteiger partial charge in [-0.2, -0.15) is 10.4 Å². The Balaban J connectivity index is 1.71. The lowest BCUT2D eigenvalue weighted by atomic mass is 9.98. The fraction of sp³-hybridized carbons (Fsp3) is 0.391. The lowest BCUT2D eigenvalue weighted by Crippen LogP contribution is -2.33. The van der Waals surface area contributed by atoms with Gasteiger partial charge in [-0.3, -0.25) is 0 Å². The third kappa shape index (κ3) is 3.66. The molecule has 0 radical (unpaired) electrons. The first kappa shape index (κ1) is 20.0. The molecular weight excluding hydrogens is 374 g/mol. The number of anilines is 2. The lowest BCUT2D eigenvalue weighted by Gasteiger charge is -2.25. The van der Waals surface area contributed by atoms with Crippen LogP contribution in [-0.2, 0) is 0 Å². The van der Waals surface area contributed by atoms with Crippen LogP contribution in [-0.4, -0.2) is 41.4 Å². The molecule has 1 saturated heterocycles. The summed E-state index contributed by atoms with van der Waals surface area (Å²) in [6.07, 6.45) is 3.01. The number of aromatic nitrogens is 3. The third-order valence-electron chi connectivity index (χ3n) is 6.09. The van der Waals surface area contributed by atoms with E-state index in [0.717, 1.165) is 58.7 Å². The standard InChI is InChI=1S/C23H27N7/c1-14-17(11-24)6-5-7-19(14)15(2)27-23-20-10-22(30(4)18-8-9-25-12-18)26-13-21(20)16(3)28-29-23/h5-7,10,13,15,18,25H,8-9,12H2,1-4H3,(H,27,29)/t15-,18-/m1/s1. The van der Waals surface area contributed by atoms with Crippen molar-refractivity contribution in [2.24, 2.45) is 0 Å². The molecule has 30 heavy (non-hydrogen) atoms. The third-order valence-corrected chi connectivity index (χ3v) is 6.09. The largest absolute Gasteiger partial charge is 0.362 e. The average Bonchev–Trinajstić information content (AvgIpc) is 3.30. The van der Waals surface area contributed by atoms with E-state index in [9.17, 15) is 5.26 Å². The summed E-state index contributed by atoms with van der Waals surface area (Å²) in [7, 11) is 2.10. The number of nitrogens with zero attached hydrogens (tertiary/aromatic N) is 5. The van der Waals surface area contributed by atoms with E-state index in [0.29, 0.717) is 11.6 Å². The molecule has 0 unspecified atom stereocenters. The molecule has 1 aromatic carbocycles. The van der Waals surface area contributed by atoms with Gasteiger partial charge in [-0.05, 0) is 57.0 Å². The summed E-state index contributed by atoms with van der Waals surface area (Å²) in [6.45, 7) is 8.03. The second-order valence-electron chi connectivity index (χ2n) is 7.98. The predicted molar refractivity (Wildman–Crippen MR) is 120 cm³/mol. The number of hydrogen-bond acceptors (Lipinski definition) is 7. The smallest absolute Gasteiger partial charge is 0.157 e. The molecule has 0 saturated carbocycles. The van der Waals surface area contributed by atoms with Gasteiger partial charge in [0, 0.05) is 36.6 Å². The second kappa shape index (κ2) is 8.25. The predicted octanol–water partition coefficient (Wildman–Crippen LogP) is 3.48. The quantitative estimate of drug-likeness (QED) is 0.676. The lowest BCUT2D eigenvalue weighted by molar-refractivity contribution is 0.678. The summed E-state index contributed by atoms with van der Waals surface area (Å²) in [5.41, 5.74) is 3.61. The topological polar surface area (TPSA) is 89.8 Å². The van der Waals surface area contributed by atoms with Crippen molar-refractivity contribution in [2.45, 2.75) is 39.3 Å². The number of benzene rings is 1. The summed E-state index contributed by atoms with van der Waals surface area (Å²) in [6, 6.07) is 10.6. The molecule has 0 bridgehead atoms. The molecule has 1 fully saturated rings. The Labute approximate surface area is 177 Å². The first-order chi connectivity index (χ1) is 14.5. The van der Waals surface area contributed by atoms with Crippen LogP contribution in [0.15, 0.2) is 30.5 Å². The Hall–Kier alpha value is -3.24. The normalized spacial score (nSPS) is 17.0. The molecule has 154 valence electrons. The van der Waals surface area contributed by atoms with Crippen molar-refractivity contribution in [3.8, 4) is 6.07 Å². The van der Waals surface area contributed by atoms with E-state index in [1.165, 1.54) is 0 Å². The summed E-state index contributed by atoms with van der Waals surface area (Å²) in [5, 5.41) is 27.1. The van der Waals surface area contributed by atoms with Crippen molar-refractivity contribution >= 4 is 22.4 Å². The monoisotopic (exact) mass is 401 g/mol. The number of nitriles is 1. The van der Waals surface area contributed by atoms with Gasteiger partial charge in [0.25, 0.3) is 0 Å². The van der Waals surface area contributed by atoms with Crippen molar-refractivity contribution in [1.82, 2.24) is 20.5 Å². The summed E-state index contributed by atoms with van der Waals surface area (Å²) in [5.74, 6) is 1.66. The van der Waals surface area contributed by atoms with Gasteiger partial charge in [0.05, 0.1) is 23.4 Å². The molecule has 3 aromatic rings. The van der Waals surface area contributed by atoms with Crippen molar-refractivity contribution in [1.29, 1.82) is 5.26 Å². The van der Waals surface area contributed by atoms with Gasteiger partial charge >= 0.3 is 0 Å². The van der Waals surface area contributed by atoms with Crippen LogP contribution >= 0.6 is 0 Å². The molecule has 7 heteroatoms. The second-order valence-corrected chi connectivity index (χ2v) is 7.98. The van der Waals surface area contributed by atoms with E-state index in [-0.39, 0.29) is 6.04 Å². The molecule has 7 nitrogen and oxygen atoms in total. The Morgan fingerprint density at radius 2 is 2.10 bits per heavy atom. The maximum atomic E-state index is 9.35. The van der Waals surface area contributed by atoms with Crippen LogP contribution in [0.1, 0.15) is 41.8 Å². The minimum atomic E-state index is -0.0214. The molecule has 3 heterocycles. The fourth-order valence-electron chi connectivity index (χ4n) is 4.14. The molecule has 0 amide bonds. The highest BCUT2D eigenvalue weighted by molar-refractivity contribution is 5.94. The van der Waals surface area contributed by atoms with Gasteiger partial charge in [0.15, 0.2) is 5.82 Å². The molecule has 0 spiro atoms. The first-order valence-electron chi connectivity index (χ1n) is 10.3. The maximum Gasteiger partial charge on any atom is 0.157 e. The number of aryl methyl sites for hydroxylation is 1. The Morgan fingerprint density at radius 3 is 2.83 bits per heavy atom. The average molecular weight is 402 g/mol. The van der Waals surface area contributed by atoms with Gasteiger partial charge in [0.2, 0.25) is 0 Å². The van der Waals surface area contributed by atoms with Crippen molar-refractivity contribution in [3.05, 3.63) is 52.8 Å². The van der Waals surface area contributed by atoms with Gasteiger partial charge in [-0.1, -0.05) is 12.1 Å². The van der Waals surface area contributed by atoms with Crippen molar-refractivity contribution in [2.75, 3.05) is 30.4 Å². The number of fused-ring (bicyclic) bond motifs is 1. The highest BCUT2D eigenvalue weighted by Crippen LogP contribution is 2.30. The van der Waals surface area contributed by atoms with Crippen molar-refractivity contribution in [3.63, 3.8) is 0 Å². The summed E-state index contributed by atoms with van der Waals surface area (Å²) < 4.78 is 0. The van der Waals surface area contributed by atoms with Gasteiger partial charge < -0.3 is 15.5 Å². The number of pyridine rings is 1. The molecule has 0 aliphatic carbocycles. The highest BCUT2D eigenvalue weighted by Gasteiger charge is 2.21. The van der Waals surface area contributed by atoms with Crippen LogP contribution in [0.4, 0.5) is 11.6 Å². The molecule has 4 rings (SSSR count). The Morgan fingerprint density at radius 1 is 1.27 bits per heavy atom. The Bertz CT molecular complexity index is 1110. The zero-order chi connectivity index (χ0) is 21.3. The fourth-order valence-corrected chi connectivity index (χ4v) is 4.14. The van der Waals surface area contributed by atoms with E-state index in [2.05, 4.69) is 51.8 Å². The number of hydrogen-bond donors (Lipinski definition) is 2. The van der Waals surface area contributed by atoms with Crippen LogP contribution in [0.25, 0.3) is 10.8 Å².